The monoisotopic (exact) mass is 301 g/mol. The largest absolute Gasteiger partial charge is 0.374 e. The highest BCUT2D eigenvalue weighted by Crippen LogP contribution is 2.27. The summed E-state index contributed by atoms with van der Waals surface area (Å²) >= 11 is 7.59. The van der Waals surface area contributed by atoms with Gasteiger partial charge in [0, 0.05) is 23.9 Å². The van der Waals surface area contributed by atoms with Crippen molar-refractivity contribution in [1.82, 2.24) is 10.3 Å². The van der Waals surface area contributed by atoms with E-state index in [1.807, 2.05) is 6.07 Å². The van der Waals surface area contributed by atoms with Gasteiger partial charge in [-0.3, -0.25) is 16.2 Å². The standard InChI is InChI=1S/C13H20ClN3OS/c14-13-4-3-10(19-13)6-11(16-15)12-7-17-5-1-2-9(17)8-18-12/h3-4,9,11-12,16H,1-2,5-8,15H2. The van der Waals surface area contributed by atoms with E-state index >= 15 is 0 Å². The highest BCUT2D eigenvalue weighted by atomic mass is 35.5. The SMILES string of the molecule is NNC(Cc1ccc(Cl)s1)C1CN2CCCC2CO1. The summed E-state index contributed by atoms with van der Waals surface area (Å²) < 4.78 is 6.84. The number of fused-ring (bicyclic) bond motifs is 1. The van der Waals surface area contributed by atoms with Crippen LogP contribution < -0.4 is 11.3 Å². The number of hydrazine groups is 1. The summed E-state index contributed by atoms with van der Waals surface area (Å²) in [6.45, 7) is 3.03. The Morgan fingerprint density at radius 2 is 2.47 bits per heavy atom. The lowest BCUT2D eigenvalue weighted by Gasteiger charge is -2.38. The molecule has 2 fully saturated rings. The molecule has 0 bridgehead atoms. The first-order chi connectivity index (χ1) is 9.26. The van der Waals surface area contributed by atoms with E-state index in [0.717, 1.165) is 23.9 Å². The number of hydrogen-bond donors (Lipinski definition) is 2. The molecular weight excluding hydrogens is 282 g/mol. The molecule has 106 valence electrons. The van der Waals surface area contributed by atoms with Gasteiger partial charge >= 0.3 is 0 Å². The average Bonchev–Trinajstić information content (AvgIpc) is 3.03. The van der Waals surface area contributed by atoms with Crippen molar-refractivity contribution in [2.75, 3.05) is 19.7 Å². The maximum absolute atomic E-state index is 6.01. The zero-order chi connectivity index (χ0) is 13.2. The van der Waals surface area contributed by atoms with Gasteiger partial charge in [0.2, 0.25) is 0 Å². The Bertz CT molecular complexity index is 428. The molecule has 3 N–H and O–H groups in total. The van der Waals surface area contributed by atoms with Crippen LogP contribution in [0, 0.1) is 0 Å². The van der Waals surface area contributed by atoms with E-state index in [0.29, 0.717) is 6.04 Å². The fourth-order valence-electron chi connectivity index (χ4n) is 3.06. The van der Waals surface area contributed by atoms with E-state index in [9.17, 15) is 0 Å². The van der Waals surface area contributed by atoms with Gasteiger partial charge in [0.05, 0.1) is 23.1 Å². The summed E-state index contributed by atoms with van der Waals surface area (Å²) in [5.74, 6) is 5.72. The van der Waals surface area contributed by atoms with Crippen molar-refractivity contribution < 1.29 is 4.74 Å². The second-order valence-corrected chi connectivity index (χ2v) is 7.15. The van der Waals surface area contributed by atoms with Crippen LogP contribution in [0.5, 0.6) is 0 Å². The van der Waals surface area contributed by atoms with E-state index in [1.54, 1.807) is 11.3 Å². The van der Waals surface area contributed by atoms with Gasteiger partial charge in [-0.15, -0.1) is 11.3 Å². The first kappa shape index (κ1) is 13.8. The molecule has 0 radical (unpaired) electrons. The number of ether oxygens (including phenoxy) is 1. The summed E-state index contributed by atoms with van der Waals surface area (Å²) in [6.07, 6.45) is 3.60. The lowest BCUT2D eigenvalue weighted by molar-refractivity contribution is -0.0643. The molecule has 4 nitrogen and oxygen atoms in total. The maximum atomic E-state index is 6.01. The second-order valence-electron chi connectivity index (χ2n) is 5.35. The highest BCUT2D eigenvalue weighted by molar-refractivity contribution is 7.16. The molecule has 3 rings (SSSR count). The predicted octanol–water partition coefficient (Wildman–Crippen LogP) is 1.64. The smallest absolute Gasteiger partial charge is 0.0931 e. The molecule has 3 atom stereocenters. The summed E-state index contributed by atoms with van der Waals surface area (Å²) in [5.41, 5.74) is 2.92. The van der Waals surface area contributed by atoms with Crippen LogP contribution in [-0.2, 0) is 11.2 Å². The van der Waals surface area contributed by atoms with Crippen LogP contribution in [0.4, 0.5) is 0 Å². The van der Waals surface area contributed by atoms with Crippen molar-refractivity contribution in [3.63, 3.8) is 0 Å². The second kappa shape index (κ2) is 6.08. The molecule has 2 aliphatic rings. The Hall–Kier alpha value is -0.170. The number of hydrogen-bond acceptors (Lipinski definition) is 5. The summed E-state index contributed by atoms with van der Waals surface area (Å²) in [7, 11) is 0. The predicted molar refractivity (Wildman–Crippen MR) is 78.5 cm³/mol. The highest BCUT2D eigenvalue weighted by Gasteiger charge is 2.35. The Kier molecular flexibility index (Phi) is 4.41. The van der Waals surface area contributed by atoms with E-state index < -0.39 is 0 Å². The first-order valence-corrected chi connectivity index (χ1v) is 8.01. The zero-order valence-corrected chi connectivity index (χ0v) is 12.4. The third-order valence-corrected chi connectivity index (χ3v) is 5.38. The molecule has 3 unspecified atom stereocenters. The lowest BCUT2D eigenvalue weighted by Crippen LogP contribution is -2.56. The zero-order valence-electron chi connectivity index (χ0n) is 10.8. The van der Waals surface area contributed by atoms with Crippen LogP contribution in [0.2, 0.25) is 4.34 Å². The van der Waals surface area contributed by atoms with Crippen molar-refractivity contribution in [3.8, 4) is 0 Å². The van der Waals surface area contributed by atoms with Gasteiger partial charge in [0.25, 0.3) is 0 Å². The van der Waals surface area contributed by atoms with Crippen LogP contribution in [0.1, 0.15) is 17.7 Å². The van der Waals surface area contributed by atoms with Crippen LogP contribution in [0.25, 0.3) is 0 Å². The number of nitrogens with two attached hydrogens (primary N) is 1. The minimum atomic E-state index is 0.149. The summed E-state index contributed by atoms with van der Waals surface area (Å²) in [5, 5.41) is 0. The molecule has 0 saturated carbocycles. The van der Waals surface area contributed by atoms with Crippen molar-refractivity contribution in [3.05, 3.63) is 21.3 Å². The van der Waals surface area contributed by atoms with Crippen LogP contribution in [0.15, 0.2) is 12.1 Å². The third kappa shape index (κ3) is 3.12. The van der Waals surface area contributed by atoms with Gasteiger partial charge in [0.15, 0.2) is 0 Å². The van der Waals surface area contributed by atoms with Gasteiger partial charge < -0.3 is 4.74 Å². The molecular formula is C13H20ClN3OS. The number of thiophene rings is 1. The molecule has 0 amide bonds. The summed E-state index contributed by atoms with van der Waals surface area (Å²) in [6, 6.07) is 4.79. The maximum Gasteiger partial charge on any atom is 0.0931 e. The van der Waals surface area contributed by atoms with Crippen LogP contribution in [0.3, 0.4) is 0 Å². The van der Waals surface area contributed by atoms with Gasteiger partial charge in [0.1, 0.15) is 0 Å². The van der Waals surface area contributed by atoms with Crippen LogP contribution >= 0.6 is 22.9 Å². The minimum Gasteiger partial charge on any atom is -0.374 e. The molecule has 6 heteroatoms. The van der Waals surface area contributed by atoms with Gasteiger partial charge in [-0.25, -0.2) is 0 Å². The van der Waals surface area contributed by atoms with E-state index in [-0.39, 0.29) is 12.1 Å². The van der Waals surface area contributed by atoms with Gasteiger partial charge in [-0.2, -0.15) is 0 Å². The molecule has 2 aliphatic heterocycles. The van der Waals surface area contributed by atoms with Crippen molar-refractivity contribution in [2.45, 2.75) is 37.5 Å². The van der Waals surface area contributed by atoms with E-state index in [2.05, 4.69) is 16.4 Å². The van der Waals surface area contributed by atoms with Gasteiger partial charge in [-0.1, -0.05) is 11.6 Å². The topological polar surface area (TPSA) is 50.5 Å². The Labute approximate surface area is 122 Å². The molecule has 0 aliphatic carbocycles. The Morgan fingerprint density at radius 1 is 1.58 bits per heavy atom. The quantitative estimate of drug-likeness (QED) is 0.656. The average molecular weight is 302 g/mol. The summed E-state index contributed by atoms with van der Waals surface area (Å²) in [4.78, 5) is 3.79. The van der Waals surface area contributed by atoms with Gasteiger partial charge in [-0.05, 0) is 31.5 Å². The normalized spacial score (nSPS) is 29.4. The number of halogens is 1. The Morgan fingerprint density at radius 3 is 3.21 bits per heavy atom. The molecule has 0 aromatic carbocycles. The molecule has 2 saturated heterocycles. The molecule has 19 heavy (non-hydrogen) atoms. The molecule has 3 heterocycles. The van der Waals surface area contributed by atoms with Crippen molar-refractivity contribution in [1.29, 1.82) is 0 Å². The number of rotatable bonds is 4. The minimum absolute atomic E-state index is 0.149. The Balaban J connectivity index is 1.62. The third-order valence-electron chi connectivity index (χ3n) is 4.13. The van der Waals surface area contributed by atoms with Crippen LogP contribution in [-0.4, -0.2) is 42.8 Å². The first-order valence-electron chi connectivity index (χ1n) is 6.82. The molecule has 1 aromatic rings. The molecule has 0 spiro atoms. The fraction of sp³-hybridized carbons (Fsp3) is 0.692. The number of morpholine rings is 1. The number of nitrogens with one attached hydrogen (secondary N) is 1. The lowest BCUT2D eigenvalue weighted by atomic mass is 10.0. The molecule has 1 aromatic heterocycles. The van der Waals surface area contributed by atoms with Crippen molar-refractivity contribution in [2.24, 2.45) is 5.84 Å². The van der Waals surface area contributed by atoms with E-state index in [4.69, 9.17) is 22.2 Å². The number of nitrogens with zero attached hydrogens (tertiary/aromatic N) is 1. The van der Waals surface area contributed by atoms with Crippen molar-refractivity contribution >= 4 is 22.9 Å². The fourth-order valence-corrected chi connectivity index (χ4v) is 4.21. The van der Waals surface area contributed by atoms with E-state index in [1.165, 1.54) is 24.3 Å².